The average Bonchev–Trinajstić information content (AvgIpc) is 3.18. The third-order valence-corrected chi connectivity index (χ3v) is 5.95. The largest absolute Gasteiger partial charge is 0.582 e. The molecule has 1 N–H and O–H groups in total. The summed E-state index contributed by atoms with van der Waals surface area (Å²) >= 11 is 0. The molecule has 1 atom stereocenters. The Hall–Kier alpha value is -3.15. The predicted molar refractivity (Wildman–Crippen MR) is 109 cm³/mol. The topological polar surface area (TPSA) is 60.8 Å². The number of hydrogen-bond donors (Lipinski definition) is 0. The minimum absolute atomic E-state index is 0.0742. The third kappa shape index (κ3) is 2.74. The van der Waals surface area contributed by atoms with Crippen molar-refractivity contribution in [2.75, 3.05) is 27.6 Å². The van der Waals surface area contributed by atoms with Crippen LogP contribution < -0.4 is 14.2 Å². The molecule has 3 aliphatic rings. The number of rotatable bonds is 4. The van der Waals surface area contributed by atoms with E-state index in [0.717, 1.165) is 58.4 Å². The minimum atomic E-state index is -0.0742. The maximum Gasteiger partial charge on any atom is 0.303 e. The Morgan fingerprint density at radius 3 is 2.79 bits per heavy atom. The van der Waals surface area contributed by atoms with E-state index in [9.17, 15) is 4.79 Å². The van der Waals surface area contributed by atoms with E-state index in [2.05, 4.69) is 33.9 Å². The summed E-state index contributed by atoms with van der Waals surface area (Å²) in [6.07, 6.45) is 3.51. The molecule has 1 unspecified atom stereocenters. The summed E-state index contributed by atoms with van der Waals surface area (Å²) in [5.41, 5.74) is 5.65. The minimum Gasteiger partial charge on any atom is -0.582 e. The van der Waals surface area contributed by atoms with Crippen LogP contribution in [0.15, 0.2) is 24.3 Å². The molecule has 0 aliphatic carbocycles. The van der Waals surface area contributed by atoms with Crippen LogP contribution >= 0.6 is 0 Å². The summed E-state index contributed by atoms with van der Waals surface area (Å²) in [6, 6.07) is 8.09. The lowest BCUT2D eigenvalue weighted by molar-refractivity contribution is -0.118. The van der Waals surface area contributed by atoms with Gasteiger partial charge >= 0.3 is 5.75 Å². The van der Waals surface area contributed by atoms with Gasteiger partial charge in [-0.25, -0.2) is 0 Å². The molecule has 0 bridgehead atoms. The van der Waals surface area contributed by atoms with Crippen molar-refractivity contribution in [1.29, 1.82) is 0 Å². The molecule has 2 aromatic carbocycles. The zero-order chi connectivity index (χ0) is 20.1. The highest BCUT2D eigenvalue weighted by Crippen LogP contribution is 2.50. The number of methoxy groups -OCH3 is 1. The van der Waals surface area contributed by atoms with Gasteiger partial charge in [-0.15, -0.1) is 0 Å². The molecule has 0 fully saturated rings. The zero-order valence-corrected chi connectivity index (χ0v) is 16.8. The van der Waals surface area contributed by atoms with Crippen LogP contribution in [0.4, 0.5) is 0 Å². The highest BCUT2D eigenvalue weighted by molar-refractivity contribution is 5.89. The summed E-state index contributed by atoms with van der Waals surface area (Å²) in [4.78, 5) is 14.5. The predicted octanol–water partition coefficient (Wildman–Crippen LogP) is 3.69. The van der Waals surface area contributed by atoms with Gasteiger partial charge in [0.15, 0.2) is 18.6 Å². The lowest BCUT2D eigenvalue weighted by atomic mass is 9.84. The lowest BCUT2D eigenvalue weighted by Crippen LogP contribution is -2.36. The van der Waals surface area contributed by atoms with E-state index in [1.807, 2.05) is 6.07 Å². The Morgan fingerprint density at radius 2 is 2.07 bits per heavy atom. The Bertz CT molecular complexity index is 1040. The van der Waals surface area contributed by atoms with E-state index in [-0.39, 0.29) is 18.6 Å². The molecular weight excluding hydrogens is 370 g/mol. The van der Waals surface area contributed by atoms with E-state index < -0.39 is 0 Å². The van der Waals surface area contributed by atoms with Crippen molar-refractivity contribution >= 4 is 17.6 Å². The van der Waals surface area contributed by atoms with Gasteiger partial charge in [-0.3, -0.25) is 4.79 Å². The van der Waals surface area contributed by atoms with E-state index in [4.69, 9.17) is 14.2 Å². The molecule has 3 aliphatic heterocycles. The molecule has 150 valence electrons. The van der Waals surface area contributed by atoms with Crippen molar-refractivity contribution in [3.63, 3.8) is 0 Å². The number of hydrogen-bond acceptors (Lipinski definition) is 5. The molecule has 0 amide bonds. The van der Waals surface area contributed by atoms with Gasteiger partial charge in [-0.1, -0.05) is 6.07 Å². The monoisotopic (exact) mass is 394 g/mol. The van der Waals surface area contributed by atoms with Crippen LogP contribution in [0.1, 0.15) is 41.6 Å². The van der Waals surface area contributed by atoms with Gasteiger partial charge in [0.05, 0.1) is 18.7 Å². The van der Waals surface area contributed by atoms with Crippen molar-refractivity contribution in [3.8, 4) is 23.0 Å². The third-order valence-electron chi connectivity index (χ3n) is 5.95. The van der Waals surface area contributed by atoms with Crippen LogP contribution in [0.5, 0.6) is 23.0 Å². The number of carbonyl (C=O) groups is 1. The highest BCUT2D eigenvalue weighted by Gasteiger charge is 2.38. The van der Waals surface area contributed by atoms with E-state index >= 15 is 0 Å². The second-order valence-electron chi connectivity index (χ2n) is 7.60. The van der Waals surface area contributed by atoms with E-state index in [1.54, 1.807) is 21.1 Å². The molecule has 2 aromatic rings. The van der Waals surface area contributed by atoms with Gasteiger partial charge in [0.25, 0.3) is 0 Å². The SMILES string of the molecule is COc1ccc2c(c1[OH+]C)C(CC(C)=O)N1CCc3cc4c(cc3C1=C2)OCO4. The second-order valence-corrected chi connectivity index (χ2v) is 7.60. The van der Waals surface area contributed by atoms with Crippen molar-refractivity contribution in [3.05, 3.63) is 46.5 Å². The molecule has 6 heteroatoms. The van der Waals surface area contributed by atoms with Crippen LogP contribution in [0.25, 0.3) is 11.8 Å². The van der Waals surface area contributed by atoms with Crippen LogP contribution in [0.2, 0.25) is 0 Å². The molecule has 5 rings (SSSR count). The molecule has 0 saturated heterocycles. The summed E-state index contributed by atoms with van der Waals surface area (Å²) < 4.78 is 21.2. The number of ether oxygens (including phenoxy) is 4. The number of Topliss-reactive ketones (excluding diaryl/α,β-unsaturated/α-hetero) is 1. The Kier molecular flexibility index (Phi) is 4.15. The van der Waals surface area contributed by atoms with Gasteiger partial charge in [0.2, 0.25) is 12.5 Å². The maximum atomic E-state index is 12.2. The van der Waals surface area contributed by atoms with Crippen LogP contribution in [0, 0.1) is 0 Å². The van der Waals surface area contributed by atoms with Crippen LogP contribution in [0.3, 0.4) is 0 Å². The van der Waals surface area contributed by atoms with Gasteiger partial charge in [-0.05, 0) is 48.7 Å². The van der Waals surface area contributed by atoms with Gasteiger partial charge in [-0.2, -0.15) is 0 Å². The quantitative estimate of drug-likeness (QED) is 0.741. The number of aliphatic hydroxyl groups is 1. The Balaban J connectivity index is 1.72. The number of carbonyl (C=O) groups excluding carboxylic acids is 1. The summed E-state index contributed by atoms with van der Waals surface area (Å²) in [5, 5.41) is 0. The summed E-state index contributed by atoms with van der Waals surface area (Å²) in [7, 11) is 3.43. The first-order valence-corrected chi connectivity index (χ1v) is 9.82. The molecule has 29 heavy (non-hydrogen) atoms. The fraction of sp³-hybridized carbons (Fsp3) is 0.348. The molecule has 3 heterocycles. The summed E-state index contributed by atoms with van der Waals surface area (Å²) in [6.45, 7) is 2.74. The van der Waals surface area contributed by atoms with Crippen molar-refractivity contribution < 1.29 is 23.7 Å². The number of ketones is 1. The van der Waals surface area contributed by atoms with E-state index in [0.29, 0.717) is 6.42 Å². The van der Waals surface area contributed by atoms with Crippen molar-refractivity contribution in [2.24, 2.45) is 0 Å². The molecule has 0 radical (unpaired) electrons. The second kappa shape index (κ2) is 6.72. The van der Waals surface area contributed by atoms with Crippen molar-refractivity contribution in [1.82, 2.24) is 4.90 Å². The first-order chi connectivity index (χ1) is 14.1. The first-order valence-electron chi connectivity index (χ1n) is 9.82. The Labute approximate surface area is 169 Å². The maximum absolute atomic E-state index is 12.2. The van der Waals surface area contributed by atoms with Crippen LogP contribution in [-0.2, 0) is 11.2 Å². The average molecular weight is 394 g/mol. The number of nitrogens with zero attached hydrogens (tertiary/aromatic N) is 1. The zero-order valence-electron chi connectivity index (χ0n) is 16.8. The van der Waals surface area contributed by atoms with E-state index in [1.165, 1.54) is 5.56 Å². The number of fused-ring (bicyclic) bond motifs is 5. The van der Waals surface area contributed by atoms with Gasteiger partial charge in [0, 0.05) is 24.2 Å². The standard InChI is InChI=1S/C23H23NO5/c1-13(25)8-18-22-15(4-5-19(26-2)23(22)27-3)9-17-16-11-21-20(28-12-29-21)10-14(16)6-7-24(17)18/h4-5,9-11,18H,6-8,12H2,1-3H3/p+1. The lowest BCUT2D eigenvalue weighted by Gasteiger charge is -2.42. The van der Waals surface area contributed by atoms with Gasteiger partial charge < -0.3 is 23.8 Å². The highest BCUT2D eigenvalue weighted by atomic mass is 16.7. The van der Waals surface area contributed by atoms with Crippen LogP contribution in [-0.4, -0.2) is 43.0 Å². The van der Waals surface area contributed by atoms with Crippen molar-refractivity contribution in [2.45, 2.75) is 25.8 Å². The first kappa shape index (κ1) is 17.9. The number of benzene rings is 2. The smallest absolute Gasteiger partial charge is 0.303 e. The molecule has 0 spiro atoms. The fourth-order valence-electron chi connectivity index (χ4n) is 4.69. The number of aromatic hydroxyl groups is 1. The molecule has 0 aromatic heterocycles. The molecule has 6 nitrogen and oxygen atoms in total. The van der Waals surface area contributed by atoms with Gasteiger partial charge in [0.1, 0.15) is 5.78 Å². The summed E-state index contributed by atoms with van der Waals surface area (Å²) in [5.74, 6) is 3.30. The molecular formula is C23H24NO5+. The Morgan fingerprint density at radius 1 is 1.28 bits per heavy atom. The molecule has 0 saturated carbocycles. The fourth-order valence-corrected chi connectivity index (χ4v) is 4.69. The normalized spacial score (nSPS) is 18.4.